The molecule has 0 saturated carbocycles. The maximum Gasteiger partial charge on any atom is 0.340 e. The van der Waals surface area contributed by atoms with Crippen molar-refractivity contribution < 1.29 is 14.3 Å². The van der Waals surface area contributed by atoms with Crippen LogP contribution >= 0.6 is 11.6 Å². The Morgan fingerprint density at radius 3 is 2.45 bits per heavy atom. The maximum atomic E-state index is 11.7. The Kier molecular flexibility index (Phi) is 6.71. The predicted molar refractivity (Wildman–Crippen MR) is 88.2 cm³/mol. The minimum absolute atomic E-state index is 0.183. The molecule has 0 aliphatic carbocycles. The molecule has 1 atom stereocenters. The van der Waals surface area contributed by atoms with Gasteiger partial charge in [-0.3, -0.25) is 0 Å². The molecule has 0 spiro atoms. The van der Waals surface area contributed by atoms with Crippen LogP contribution in [0.1, 0.15) is 51.0 Å². The van der Waals surface area contributed by atoms with Gasteiger partial charge in [0.25, 0.3) is 0 Å². The number of benzene rings is 1. The third-order valence-electron chi connectivity index (χ3n) is 4.10. The quantitative estimate of drug-likeness (QED) is 0.360. The van der Waals surface area contributed by atoms with Gasteiger partial charge < -0.3 is 9.47 Å². The van der Waals surface area contributed by atoms with Crippen molar-refractivity contribution in [3.63, 3.8) is 0 Å². The number of hydrogen-bond donors (Lipinski definition) is 0. The van der Waals surface area contributed by atoms with Crippen molar-refractivity contribution in [1.29, 1.82) is 0 Å². The molecule has 1 fully saturated rings. The van der Waals surface area contributed by atoms with E-state index in [0.717, 1.165) is 30.7 Å². The fourth-order valence-corrected chi connectivity index (χ4v) is 2.76. The first kappa shape index (κ1) is 17.3. The first-order valence-corrected chi connectivity index (χ1v) is 8.60. The second-order valence-electron chi connectivity index (χ2n) is 5.90. The molecular formula is C18H25ClO3. The summed E-state index contributed by atoms with van der Waals surface area (Å²) < 4.78 is 10.4. The molecule has 1 aliphatic heterocycles. The molecule has 0 N–H and O–H groups in total. The fraction of sp³-hybridized carbons (Fsp3) is 0.611. The number of carbonyl (C=O) groups excluding carboxylic acids is 1. The molecule has 22 heavy (non-hydrogen) atoms. The molecule has 1 heterocycles. The van der Waals surface area contributed by atoms with Gasteiger partial charge in [-0.2, -0.15) is 0 Å². The highest BCUT2D eigenvalue weighted by atomic mass is 35.5. The number of rotatable bonds is 10. The van der Waals surface area contributed by atoms with Gasteiger partial charge in [-0.25, -0.2) is 4.79 Å². The van der Waals surface area contributed by atoms with Crippen LogP contribution < -0.4 is 0 Å². The van der Waals surface area contributed by atoms with Gasteiger partial charge in [-0.05, 0) is 50.3 Å². The van der Waals surface area contributed by atoms with E-state index in [1.54, 1.807) is 0 Å². The Morgan fingerprint density at radius 1 is 1.18 bits per heavy atom. The Labute approximate surface area is 137 Å². The van der Waals surface area contributed by atoms with Gasteiger partial charge in [0, 0.05) is 5.02 Å². The lowest BCUT2D eigenvalue weighted by Crippen LogP contribution is -2.27. The van der Waals surface area contributed by atoms with Crippen molar-refractivity contribution in [1.82, 2.24) is 0 Å². The topological polar surface area (TPSA) is 38.8 Å². The summed E-state index contributed by atoms with van der Waals surface area (Å²) in [6, 6.07) is 8.08. The molecule has 0 amide bonds. The summed E-state index contributed by atoms with van der Waals surface area (Å²) in [5.74, 6) is -0.183. The summed E-state index contributed by atoms with van der Waals surface area (Å²) in [5.41, 5.74) is 0.747. The van der Waals surface area contributed by atoms with Gasteiger partial charge in [0.1, 0.15) is 0 Å². The lowest BCUT2D eigenvalue weighted by atomic mass is 10.0. The van der Waals surface area contributed by atoms with E-state index in [9.17, 15) is 4.79 Å². The van der Waals surface area contributed by atoms with Crippen LogP contribution in [0.15, 0.2) is 24.3 Å². The Hall–Kier alpha value is -1.06. The zero-order valence-electron chi connectivity index (χ0n) is 13.3. The minimum atomic E-state index is -0.598. The summed E-state index contributed by atoms with van der Waals surface area (Å²) in [4.78, 5) is 11.7. The maximum absolute atomic E-state index is 11.7. The van der Waals surface area contributed by atoms with Crippen LogP contribution in [-0.2, 0) is 20.7 Å². The van der Waals surface area contributed by atoms with Crippen LogP contribution in [0.2, 0.25) is 5.02 Å². The van der Waals surface area contributed by atoms with E-state index in [0.29, 0.717) is 13.2 Å². The molecule has 1 aromatic rings. The lowest BCUT2D eigenvalue weighted by Gasteiger charge is -2.10. The molecule has 2 rings (SSSR count). The Balaban J connectivity index is 1.51. The van der Waals surface area contributed by atoms with E-state index >= 15 is 0 Å². The highest BCUT2D eigenvalue weighted by molar-refractivity contribution is 6.30. The number of hydrogen-bond acceptors (Lipinski definition) is 3. The fourth-order valence-electron chi connectivity index (χ4n) is 2.64. The number of carbonyl (C=O) groups is 1. The van der Waals surface area contributed by atoms with E-state index in [1.165, 1.54) is 24.8 Å². The van der Waals surface area contributed by atoms with Crippen LogP contribution in [0.3, 0.4) is 0 Å². The van der Waals surface area contributed by atoms with Gasteiger partial charge in [0.15, 0.2) is 5.60 Å². The predicted octanol–water partition coefficient (Wildman–Crippen LogP) is 4.56. The first-order valence-electron chi connectivity index (χ1n) is 8.22. The smallest absolute Gasteiger partial charge is 0.340 e. The number of ether oxygens (including phenoxy) is 2. The third-order valence-corrected chi connectivity index (χ3v) is 4.35. The summed E-state index contributed by atoms with van der Waals surface area (Å²) in [7, 11) is 0. The molecule has 0 radical (unpaired) electrons. The van der Waals surface area contributed by atoms with Crippen molar-refractivity contribution in [2.75, 3.05) is 13.2 Å². The largest absolute Gasteiger partial charge is 0.464 e. The Bertz CT molecular complexity index is 466. The van der Waals surface area contributed by atoms with E-state index < -0.39 is 5.60 Å². The summed E-state index contributed by atoms with van der Waals surface area (Å²) >= 11 is 5.87. The molecular weight excluding hydrogens is 300 g/mol. The second kappa shape index (κ2) is 8.54. The third kappa shape index (κ3) is 5.29. The first-order chi connectivity index (χ1) is 10.7. The van der Waals surface area contributed by atoms with E-state index in [4.69, 9.17) is 21.1 Å². The van der Waals surface area contributed by atoms with Crippen LogP contribution in [0.5, 0.6) is 0 Å². The number of unbranched alkanes of at least 4 members (excludes halogenated alkanes) is 4. The van der Waals surface area contributed by atoms with Crippen molar-refractivity contribution in [3.05, 3.63) is 34.9 Å². The van der Waals surface area contributed by atoms with Crippen LogP contribution in [-0.4, -0.2) is 24.8 Å². The number of aryl methyl sites for hydroxylation is 1. The molecule has 1 saturated heterocycles. The molecule has 1 aromatic carbocycles. The molecule has 1 aliphatic rings. The van der Waals surface area contributed by atoms with Crippen LogP contribution in [0, 0.1) is 0 Å². The van der Waals surface area contributed by atoms with Crippen molar-refractivity contribution in [3.8, 4) is 0 Å². The van der Waals surface area contributed by atoms with E-state index in [2.05, 4.69) is 12.1 Å². The lowest BCUT2D eigenvalue weighted by molar-refractivity contribution is -0.149. The minimum Gasteiger partial charge on any atom is -0.464 e. The van der Waals surface area contributed by atoms with Gasteiger partial charge in [-0.15, -0.1) is 0 Å². The number of epoxide rings is 1. The zero-order chi connectivity index (χ0) is 15.8. The van der Waals surface area contributed by atoms with E-state index in [1.807, 2.05) is 19.1 Å². The molecule has 4 heteroatoms. The van der Waals surface area contributed by atoms with Crippen LogP contribution in [0.4, 0.5) is 0 Å². The summed E-state index contributed by atoms with van der Waals surface area (Å²) in [6.45, 7) is 2.78. The number of halogens is 1. The average Bonchev–Trinajstić information content (AvgIpc) is 3.30. The van der Waals surface area contributed by atoms with Gasteiger partial charge in [0.05, 0.1) is 13.2 Å². The van der Waals surface area contributed by atoms with Gasteiger partial charge >= 0.3 is 5.97 Å². The summed E-state index contributed by atoms with van der Waals surface area (Å²) in [5, 5.41) is 0.793. The monoisotopic (exact) mass is 324 g/mol. The molecule has 0 aromatic heterocycles. The van der Waals surface area contributed by atoms with Crippen LogP contribution in [0.25, 0.3) is 0 Å². The van der Waals surface area contributed by atoms with Gasteiger partial charge in [0.2, 0.25) is 0 Å². The van der Waals surface area contributed by atoms with Crippen molar-refractivity contribution >= 4 is 17.6 Å². The standard InChI is InChI=1S/C18H25ClO3/c1-2-21-17(20)18(14-22-18)13-7-5-3-4-6-8-15-9-11-16(19)12-10-15/h9-12H,2-8,13-14H2,1H3. The molecule has 3 nitrogen and oxygen atoms in total. The van der Waals surface area contributed by atoms with Crippen molar-refractivity contribution in [2.45, 2.75) is 57.5 Å². The highest BCUT2D eigenvalue weighted by Crippen LogP contribution is 2.34. The molecule has 0 bridgehead atoms. The highest BCUT2D eigenvalue weighted by Gasteiger charge is 2.52. The van der Waals surface area contributed by atoms with Gasteiger partial charge in [-0.1, -0.05) is 43.0 Å². The molecule has 122 valence electrons. The average molecular weight is 325 g/mol. The van der Waals surface area contributed by atoms with E-state index in [-0.39, 0.29) is 5.97 Å². The summed E-state index contributed by atoms with van der Waals surface area (Å²) in [6.07, 6.45) is 7.69. The SMILES string of the molecule is CCOC(=O)C1(CCCCCCCc2ccc(Cl)cc2)CO1. The number of esters is 1. The zero-order valence-corrected chi connectivity index (χ0v) is 14.0. The molecule has 1 unspecified atom stereocenters. The van der Waals surface area contributed by atoms with Crippen molar-refractivity contribution in [2.24, 2.45) is 0 Å². The second-order valence-corrected chi connectivity index (χ2v) is 6.33. The Morgan fingerprint density at radius 2 is 1.82 bits per heavy atom. The normalized spacial score (nSPS) is 19.9.